The van der Waals surface area contributed by atoms with Crippen LogP contribution in [0.3, 0.4) is 0 Å². The molecule has 7 heteroatoms. The second-order valence-electron chi connectivity index (χ2n) is 3.42. The van der Waals surface area contributed by atoms with E-state index >= 15 is 0 Å². The number of hydrogen-bond donors (Lipinski definition) is 0. The maximum Gasteiger partial charge on any atom is 0.335 e. The molecule has 0 bridgehead atoms. The van der Waals surface area contributed by atoms with Crippen molar-refractivity contribution in [3.05, 3.63) is 23.4 Å². The average molecular weight is 614 g/mol. The molecule has 0 aliphatic carbocycles. The number of ether oxygens (including phenoxy) is 3. The predicted octanol–water partition coefficient (Wildman–Crippen LogP) is 4.39. The minimum Gasteiger partial charge on any atom is -0.491 e. The van der Waals surface area contributed by atoms with Crippen LogP contribution in [0.15, 0.2) is 12.7 Å². The van der Waals surface area contributed by atoms with E-state index in [4.69, 9.17) is 14.2 Å². The minimum absolute atomic E-state index is 0.448. The molecule has 0 amide bonds. The van der Waals surface area contributed by atoms with Crippen molar-refractivity contribution < 1.29 is 19.0 Å². The Bertz CT molecular complexity index is 496. The molecule has 0 saturated heterocycles. The number of halogens is 3. The lowest BCUT2D eigenvalue weighted by Crippen LogP contribution is -2.10. The first-order chi connectivity index (χ1) is 9.47. The lowest BCUT2D eigenvalue weighted by molar-refractivity contribution is -0.129. The third-order valence-corrected chi connectivity index (χ3v) is 5.08. The number of benzene rings is 1. The Morgan fingerprint density at radius 2 is 1.40 bits per heavy atom. The third kappa shape index (κ3) is 4.12. The van der Waals surface area contributed by atoms with Crippen LogP contribution in [-0.4, -0.2) is 19.2 Å². The van der Waals surface area contributed by atoms with Crippen LogP contribution in [0.5, 0.6) is 17.2 Å². The highest BCUT2D eigenvalue weighted by Crippen LogP contribution is 2.45. The van der Waals surface area contributed by atoms with Crippen molar-refractivity contribution in [3.63, 3.8) is 0 Å². The summed E-state index contributed by atoms with van der Waals surface area (Å²) in [5, 5.41) is 0. The van der Waals surface area contributed by atoms with Gasteiger partial charge in [0.15, 0.2) is 17.2 Å². The number of rotatable bonds is 6. The molecule has 0 unspecified atom stereocenters. The molecule has 0 aliphatic heterocycles. The van der Waals surface area contributed by atoms with Gasteiger partial charge in [-0.1, -0.05) is 6.58 Å². The maximum atomic E-state index is 11.5. The number of carbonyl (C=O) groups is 1. The lowest BCUT2D eigenvalue weighted by Gasteiger charge is -2.18. The van der Waals surface area contributed by atoms with Crippen LogP contribution in [0.4, 0.5) is 0 Å². The second-order valence-corrected chi connectivity index (χ2v) is 6.66. The SMILES string of the molecule is C=CC(=O)Oc1c(I)c(OCC)c(I)c(OCC)c1I. The fourth-order valence-electron chi connectivity index (χ4n) is 1.37. The Morgan fingerprint density at radius 3 is 1.75 bits per heavy atom. The van der Waals surface area contributed by atoms with Crippen molar-refractivity contribution in [1.82, 2.24) is 0 Å². The first-order valence-corrected chi connectivity index (χ1v) is 9.01. The van der Waals surface area contributed by atoms with Gasteiger partial charge in [-0.25, -0.2) is 4.79 Å². The Kier molecular flexibility index (Phi) is 7.87. The molecule has 0 radical (unpaired) electrons. The molecule has 0 heterocycles. The molecule has 0 aromatic heterocycles. The highest BCUT2D eigenvalue weighted by Gasteiger charge is 2.24. The van der Waals surface area contributed by atoms with Gasteiger partial charge >= 0.3 is 5.97 Å². The van der Waals surface area contributed by atoms with Gasteiger partial charge in [0, 0.05) is 6.08 Å². The van der Waals surface area contributed by atoms with Gasteiger partial charge in [-0.2, -0.15) is 0 Å². The van der Waals surface area contributed by atoms with Crippen LogP contribution in [-0.2, 0) is 4.79 Å². The largest absolute Gasteiger partial charge is 0.491 e. The zero-order valence-electron chi connectivity index (χ0n) is 11.0. The van der Waals surface area contributed by atoms with Gasteiger partial charge in [-0.3, -0.25) is 0 Å². The van der Waals surface area contributed by atoms with Gasteiger partial charge in [-0.05, 0) is 81.6 Å². The summed E-state index contributed by atoms with van der Waals surface area (Å²) in [7, 11) is 0. The molecule has 0 saturated carbocycles. The summed E-state index contributed by atoms with van der Waals surface area (Å²) in [6, 6.07) is 0. The molecular formula is C13H13I3O4. The van der Waals surface area contributed by atoms with Crippen molar-refractivity contribution >= 4 is 73.7 Å². The molecule has 110 valence electrons. The van der Waals surface area contributed by atoms with E-state index in [0.29, 0.717) is 30.5 Å². The van der Waals surface area contributed by atoms with Crippen LogP contribution in [0.25, 0.3) is 0 Å². The van der Waals surface area contributed by atoms with E-state index in [1.807, 2.05) is 13.8 Å². The Balaban J connectivity index is 3.47. The number of hydrogen-bond acceptors (Lipinski definition) is 4. The van der Waals surface area contributed by atoms with E-state index in [0.717, 1.165) is 16.8 Å². The highest BCUT2D eigenvalue weighted by atomic mass is 127. The second kappa shape index (κ2) is 8.61. The van der Waals surface area contributed by atoms with Gasteiger partial charge in [-0.15, -0.1) is 0 Å². The van der Waals surface area contributed by atoms with Crippen molar-refractivity contribution in [2.45, 2.75) is 13.8 Å². The molecule has 1 aromatic rings. The summed E-state index contributed by atoms with van der Waals surface area (Å²) in [4.78, 5) is 11.5. The Hall–Kier alpha value is 0.220. The van der Waals surface area contributed by atoms with Gasteiger partial charge in [0.1, 0.15) is 7.14 Å². The van der Waals surface area contributed by atoms with E-state index in [1.54, 1.807) is 0 Å². The van der Waals surface area contributed by atoms with E-state index < -0.39 is 5.97 Å². The molecule has 1 aromatic carbocycles. The average Bonchev–Trinajstić information content (AvgIpc) is 2.44. The van der Waals surface area contributed by atoms with Gasteiger partial charge < -0.3 is 14.2 Å². The minimum atomic E-state index is -0.507. The molecular weight excluding hydrogens is 601 g/mol. The molecule has 0 aliphatic rings. The summed E-state index contributed by atoms with van der Waals surface area (Å²) < 4.78 is 19.0. The van der Waals surface area contributed by atoms with Crippen molar-refractivity contribution in [2.75, 3.05) is 13.2 Å². The topological polar surface area (TPSA) is 44.8 Å². The summed E-state index contributed by atoms with van der Waals surface area (Å²) >= 11 is 6.40. The van der Waals surface area contributed by atoms with Crippen LogP contribution < -0.4 is 14.2 Å². The van der Waals surface area contributed by atoms with Crippen molar-refractivity contribution in [3.8, 4) is 17.2 Å². The van der Waals surface area contributed by atoms with E-state index in [2.05, 4.69) is 74.4 Å². The predicted molar refractivity (Wildman–Crippen MR) is 103 cm³/mol. The summed E-state index contributed by atoms with van der Waals surface area (Å²) in [6.07, 6.45) is 1.13. The fraction of sp³-hybridized carbons (Fsp3) is 0.308. The lowest BCUT2D eigenvalue weighted by atomic mass is 10.3. The van der Waals surface area contributed by atoms with Gasteiger partial charge in [0.25, 0.3) is 0 Å². The van der Waals surface area contributed by atoms with Crippen LogP contribution in [0, 0.1) is 10.7 Å². The van der Waals surface area contributed by atoms with Crippen molar-refractivity contribution in [1.29, 1.82) is 0 Å². The molecule has 0 atom stereocenters. The fourth-order valence-corrected chi connectivity index (χ4v) is 5.38. The molecule has 1 rings (SSSR count). The zero-order chi connectivity index (χ0) is 15.3. The highest BCUT2D eigenvalue weighted by molar-refractivity contribution is 14.1. The zero-order valence-corrected chi connectivity index (χ0v) is 17.4. The third-order valence-electron chi connectivity index (χ3n) is 2.14. The summed E-state index contributed by atoms with van der Waals surface area (Å²) in [5.41, 5.74) is 0. The standard InChI is InChI=1S/C13H13I3O4/c1-4-7(17)20-13-9(15)11(18-5-2)8(14)12(10(13)16)19-6-3/h4H,1,5-6H2,2-3H3. The number of carbonyl (C=O) groups excluding carboxylic acids is 1. The summed E-state index contributed by atoms with van der Waals surface area (Å²) in [5.74, 6) is 1.28. The van der Waals surface area contributed by atoms with Crippen LogP contribution >= 0.6 is 67.8 Å². The molecule has 0 spiro atoms. The van der Waals surface area contributed by atoms with Crippen molar-refractivity contribution in [2.24, 2.45) is 0 Å². The quantitative estimate of drug-likeness (QED) is 0.207. The van der Waals surface area contributed by atoms with E-state index in [-0.39, 0.29) is 0 Å². The normalized spacial score (nSPS) is 10.1. The molecule has 0 N–H and O–H groups in total. The first kappa shape index (κ1) is 18.3. The smallest absolute Gasteiger partial charge is 0.335 e. The number of esters is 1. The van der Waals surface area contributed by atoms with E-state index in [9.17, 15) is 4.79 Å². The van der Waals surface area contributed by atoms with E-state index in [1.165, 1.54) is 0 Å². The maximum absolute atomic E-state index is 11.5. The molecule has 20 heavy (non-hydrogen) atoms. The molecule has 4 nitrogen and oxygen atoms in total. The van der Waals surface area contributed by atoms with Crippen LogP contribution in [0.1, 0.15) is 13.8 Å². The first-order valence-electron chi connectivity index (χ1n) is 5.78. The summed E-state index contributed by atoms with van der Waals surface area (Å²) in [6.45, 7) is 8.25. The molecule has 0 fully saturated rings. The Labute approximate surface area is 159 Å². The van der Waals surface area contributed by atoms with Gasteiger partial charge in [0.2, 0.25) is 0 Å². The Morgan fingerprint density at radius 1 is 1.00 bits per heavy atom. The van der Waals surface area contributed by atoms with Gasteiger partial charge in [0.05, 0.1) is 16.8 Å². The monoisotopic (exact) mass is 614 g/mol. The van der Waals surface area contributed by atoms with Crippen LogP contribution in [0.2, 0.25) is 0 Å².